The summed E-state index contributed by atoms with van der Waals surface area (Å²) in [6.07, 6.45) is 1.73. The summed E-state index contributed by atoms with van der Waals surface area (Å²) in [4.78, 5) is 4.41. The number of halogens is 1. The van der Waals surface area contributed by atoms with Gasteiger partial charge in [0.15, 0.2) is 5.82 Å². The molecule has 2 aromatic heterocycles. The zero-order valence-electron chi connectivity index (χ0n) is 9.81. The lowest BCUT2D eigenvalue weighted by molar-refractivity contribution is 0.707. The standard InChI is InChI=1S/C11H14BrN5/c1-3-17-7-14-16-11(17)6-13-10-5-4-9(12)8(2)15-10/h4-5,7H,3,6H2,1-2H3,(H,13,15). The van der Waals surface area contributed by atoms with E-state index in [0.717, 1.165) is 28.4 Å². The van der Waals surface area contributed by atoms with E-state index < -0.39 is 0 Å². The zero-order valence-corrected chi connectivity index (χ0v) is 11.4. The Bertz CT molecular complexity index is 508. The molecule has 6 heteroatoms. The highest BCUT2D eigenvalue weighted by Gasteiger charge is 2.03. The first-order chi connectivity index (χ1) is 8.20. The van der Waals surface area contributed by atoms with Gasteiger partial charge in [0.2, 0.25) is 0 Å². The van der Waals surface area contributed by atoms with E-state index >= 15 is 0 Å². The van der Waals surface area contributed by atoms with Gasteiger partial charge in [0, 0.05) is 11.0 Å². The zero-order chi connectivity index (χ0) is 12.3. The second-order valence-electron chi connectivity index (χ2n) is 3.65. The van der Waals surface area contributed by atoms with Crippen molar-refractivity contribution in [2.24, 2.45) is 0 Å². The van der Waals surface area contributed by atoms with Crippen molar-refractivity contribution in [2.75, 3.05) is 5.32 Å². The van der Waals surface area contributed by atoms with Crippen LogP contribution in [0.3, 0.4) is 0 Å². The third kappa shape index (κ3) is 2.82. The third-order valence-corrected chi connectivity index (χ3v) is 3.32. The van der Waals surface area contributed by atoms with Crippen molar-refractivity contribution in [1.29, 1.82) is 0 Å². The fourth-order valence-electron chi connectivity index (χ4n) is 1.49. The van der Waals surface area contributed by atoms with Crippen LogP contribution in [0.2, 0.25) is 0 Å². The van der Waals surface area contributed by atoms with E-state index in [2.05, 4.69) is 43.4 Å². The van der Waals surface area contributed by atoms with Crippen LogP contribution in [0.5, 0.6) is 0 Å². The molecule has 0 saturated heterocycles. The predicted molar refractivity (Wildman–Crippen MR) is 69.7 cm³/mol. The largest absolute Gasteiger partial charge is 0.363 e. The summed E-state index contributed by atoms with van der Waals surface area (Å²) in [6.45, 7) is 5.53. The van der Waals surface area contributed by atoms with Crippen LogP contribution >= 0.6 is 15.9 Å². The number of nitrogens with one attached hydrogen (secondary N) is 1. The fourth-order valence-corrected chi connectivity index (χ4v) is 1.71. The van der Waals surface area contributed by atoms with Crippen LogP contribution in [0, 0.1) is 6.92 Å². The normalized spacial score (nSPS) is 10.5. The molecule has 0 unspecified atom stereocenters. The molecule has 0 aliphatic heterocycles. The maximum Gasteiger partial charge on any atom is 0.152 e. The smallest absolute Gasteiger partial charge is 0.152 e. The summed E-state index contributed by atoms with van der Waals surface area (Å²) < 4.78 is 3.01. The van der Waals surface area contributed by atoms with Crippen LogP contribution < -0.4 is 5.32 Å². The van der Waals surface area contributed by atoms with Crippen molar-refractivity contribution >= 4 is 21.7 Å². The number of hydrogen-bond acceptors (Lipinski definition) is 4. The summed E-state index contributed by atoms with van der Waals surface area (Å²) >= 11 is 3.43. The summed E-state index contributed by atoms with van der Waals surface area (Å²) in [6, 6.07) is 3.92. The highest BCUT2D eigenvalue weighted by atomic mass is 79.9. The van der Waals surface area contributed by atoms with E-state index in [1.165, 1.54) is 0 Å². The molecule has 0 spiro atoms. The summed E-state index contributed by atoms with van der Waals surface area (Å²) in [5.74, 6) is 1.76. The second kappa shape index (κ2) is 5.27. The van der Waals surface area contributed by atoms with Gasteiger partial charge in [-0.05, 0) is 41.9 Å². The molecule has 0 bridgehead atoms. The molecule has 0 aliphatic carbocycles. The Morgan fingerprint density at radius 2 is 2.24 bits per heavy atom. The molecule has 0 aromatic carbocycles. The van der Waals surface area contributed by atoms with Crippen molar-refractivity contribution in [1.82, 2.24) is 19.7 Å². The molecule has 17 heavy (non-hydrogen) atoms. The number of aryl methyl sites for hydroxylation is 2. The third-order valence-electron chi connectivity index (χ3n) is 2.49. The number of aromatic nitrogens is 4. The minimum Gasteiger partial charge on any atom is -0.363 e. The molecule has 2 heterocycles. The van der Waals surface area contributed by atoms with Crippen LogP contribution in [0.25, 0.3) is 0 Å². The molecule has 0 aliphatic rings. The van der Waals surface area contributed by atoms with Crippen LogP contribution in [0.1, 0.15) is 18.4 Å². The number of nitrogens with zero attached hydrogens (tertiary/aromatic N) is 4. The van der Waals surface area contributed by atoms with Crippen LogP contribution in [-0.2, 0) is 13.1 Å². The Labute approximate surface area is 108 Å². The average Bonchev–Trinajstić information content (AvgIpc) is 2.78. The Hall–Kier alpha value is -1.43. The summed E-state index contributed by atoms with van der Waals surface area (Å²) in [7, 11) is 0. The number of anilines is 1. The van der Waals surface area contributed by atoms with Crippen LogP contribution in [0.4, 0.5) is 5.82 Å². The minimum atomic E-state index is 0.627. The maximum atomic E-state index is 4.41. The van der Waals surface area contributed by atoms with E-state index in [4.69, 9.17) is 0 Å². The molecular weight excluding hydrogens is 282 g/mol. The molecule has 1 N–H and O–H groups in total. The summed E-state index contributed by atoms with van der Waals surface area (Å²) in [5.41, 5.74) is 0.965. The molecular formula is C11H14BrN5. The molecule has 0 saturated carbocycles. The molecule has 0 atom stereocenters. The predicted octanol–water partition coefficient (Wildman–Crippen LogP) is 2.38. The highest BCUT2D eigenvalue weighted by molar-refractivity contribution is 9.10. The van der Waals surface area contributed by atoms with E-state index in [9.17, 15) is 0 Å². The van der Waals surface area contributed by atoms with Crippen molar-refractivity contribution in [3.05, 3.63) is 34.5 Å². The van der Waals surface area contributed by atoms with E-state index in [1.807, 2.05) is 23.6 Å². The van der Waals surface area contributed by atoms with Crippen molar-refractivity contribution in [2.45, 2.75) is 26.9 Å². The first kappa shape index (κ1) is 12.0. The Morgan fingerprint density at radius 3 is 2.94 bits per heavy atom. The summed E-state index contributed by atoms with van der Waals surface area (Å²) in [5, 5.41) is 11.2. The Morgan fingerprint density at radius 1 is 1.41 bits per heavy atom. The molecule has 0 radical (unpaired) electrons. The van der Waals surface area contributed by atoms with Gasteiger partial charge in [-0.1, -0.05) is 0 Å². The highest BCUT2D eigenvalue weighted by Crippen LogP contribution is 2.16. The van der Waals surface area contributed by atoms with Gasteiger partial charge in [-0.2, -0.15) is 0 Å². The van der Waals surface area contributed by atoms with Crippen LogP contribution in [-0.4, -0.2) is 19.7 Å². The van der Waals surface area contributed by atoms with E-state index in [1.54, 1.807) is 6.33 Å². The number of pyridine rings is 1. The Kier molecular flexibility index (Phi) is 3.73. The molecule has 90 valence electrons. The van der Waals surface area contributed by atoms with Gasteiger partial charge in [0.25, 0.3) is 0 Å². The maximum absolute atomic E-state index is 4.41. The van der Waals surface area contributed by atoms with Gasteiger partial charge in [0.1, 0.15) is 12.1 Å². The molecule has 2 aromatic rings. The first-order valence-electron chi connectivity index (χ1n) is 5.44. The van der Waals surface area contributed by atoms with Gasteiger partial charge in [0.05, 0.1) is 12.2 Å². The Balaban J connectivity index is 2.05. The van der Waals surface area contributed by atoms with E-state index in [-0.39, 0.29) is 0 Å². The molecule has 2 rings (SSSR count). The lowest BCUT2D eigenvalue weighted by Crippen LogP contribution is -2.08. The minimum absolute atomic E-state index is 0.627. The average molecular weight is 296 g/mol. The number of rotatable bonds is 4. The van der Waals surface area contributed by atoms with Crippen molar-refractivity contribution < 1.29 is 0 Å². The SMILES string of the molecule is CCn1cnnc1CNc1ccc(Br)c(C)n1. The molecule has 0 fully saturated rings. The molecule has 5 nitrogen and oxygen atoms in total. The van der Waals surface area contributed by atoms with E-state index in [0.29, 0.717) is 6.54 Å². The van der Waals surface area contributed by atoms with Gasteiger partial charge in [-0.3, -0.25) is 0 Å². The number of hydrogen-bond donors (Lipinski definition) is 1. The monoisotopic (exact) mass is 295 g/mol. The lowest BCUT2D eigenvalue weighted by Gasteiger charge is -2.07. The lowest BCUT2D eigenvalue weighted by atomic mass is 10.3. The van der Waals surface area contributed by atoms with Gasteiger partial charge in [-0.25, -0.2) is 4.98 Å². The second-order valence-corrected chi connectivity index (χ2v) is 4.50. The first-order valence-corrected chi connectivity index (χ1v) is 6.23. The quantitative estimate of drug-likeness (QED) is 0.941. The molecule has 0 amide bonds. The topological polar surface area (TPSA) is 55.6 Å². The fraction of sp³-hybridized carbons (Fsp3) is 0.364. The van der Waals surface area contributed by atoms with Gasteiger partial charge >= 0.3 is 0 Å². The van der Waals surface area contributed by atoms with Crippen molar-refractivity contribution in [3.8, 4) is 0 Å². The van der Waals surface area contributed by atoms with Crippen LogP contribution in [0.15, 0.2) is 22.9 Å². The van der Waals surface area contributed by atoms with Gasteiger partial charge < -0.3 is 9.88 Å². The van der Waals surface area contributed by atoms with Crippen molar-refractivity contribution in [3.63, 3.8) is 0 Å². The van der Waals surface area contributed by atoms with Gasteiger partial charge in [-0.15, -0.1) is 10.2 Å².